The Balaban J connectivity index is 1.27. The molecule has 1 unspecified atom stereocenters. The molecule has 0 saturated carbocycles. The Morgan fingerprint density at radius 2 is 2.03 bits per heavy atom. The Kier molecular flexibility index (Phi) is 6.22. The summed E-state index contributed by atoms with van der Waals surface area (Å²) in [5, 5.41) is 4.92. The number of aromatic nitrogens is 1. The molecular formula is C22H23N5O3S. The zero-order valence-electron chi connectivity index (χ0n) is 17.2. The summed E-state index contributed by atoms with van der Waals surface area (Å²) < 4.78 is 0. The molecule has 1 fully saturated rings. The number of piperazine rings is 1. The van der Waals surface area contributed by atoms with Gasteiger partial charge in [-0.1, -0.05) is 18.2 Å². The monoisotopic (exact) mass is 437 g/mol. The van der Waals surface area contributed by atoms with Crippen molar-refractivity contribution in [2.45, 2.75) is 13.3 Å². The van der Waals surface area contributed by atoms with Crippen LogP contribution in [0, 0.1) is 12.8 Å². The largest absolute Gasteiger partial charge is 0.368 e. The van der Waals surface area contributed by atoms with Gasteiger partial charge < -0.3 is 15.1 Å². The minimum Gasteiger partial charge on any atom is -0.368 e. The quantitative estimate of drug-likeness (QED) is 0.773. The first-order valence-corrected chi connectivity index (χ1v) is 11.0. The van der Waals surface area contributed by atoms with E-state index in [-0.39, 0.29) is 24.1 Å². The fourth-order valence-electron chi connectivity index (χ4n) is 3.53. The van der Waals surface area contributed by atoms with Crippen molar-refractivity contribution in [1.29, 1.82) is 0 Å². The van der Waals surface area contributed by atoms with Gasteiger partial charge in [-0.15, -0.1) is 11.3 Å². The van der Waals surface area contributed by atoms with E-state index in [9.17, 15) is 14.4 Å². The van der Waals surface area contributed by atoms with Gasteiger partial charge in [-0.25, -0.2) is 9.98 Å². The third-order valence-electron chi connectivity index (χ3n) is 5.22. The summed E-state index contributed by atoms with van der Waals surface area (Å²) in [5.41, 5.74) is 3.05. The average Bonchev–Trinajstić information content (AvgIpc) is 3.21. The molecule has 1 aromatic heterocycles. The van der Waals surface area contributed by atoms with Crippen molar-refractivity contribution in [3.05, 3.63) is 53.1 Å². The molecule has 1 atom stereocenters. The molecule has 1 aromatic carbocycles. The van der Waals surface area contributed by atoms with E-state index in [0.717, 1.165) is 13.1 Å². The molecule has 1 saturated heterocycles. The van der Waals surface area contributed by atoms with E-state index in [0.29, 0.717) is 23.9 Å². The van der Waals surface area contributed by atoms with E-state index in [1.165, 1.54) is 41.0 Å². The molecule has 3 amide bonds. The van der Waals surface area contributed by atoms with Crippen LogP contribution < -0.4 is 10.2 Å². The Bertz CT molecular complexity index is 1040. The van der Waals surface area contributed by atoms with Crippen molar-refractivity contribution >= 4 is 46.1 Å². The second-order valence-corrected chi connectivity index (χ2v) is 8.38. The van der Waals surface area contributed by atoms with Crippen LogP contribution in [0.25, 0.3) is 0 Å². The number of carbonyl (C=O) groups is 3. The summed E-state index contributed by atoms with van der Waals surface area (Å²) in [6.45, 7) is 5.02. The molecule has 2 aromatic rings. The Morgan fingerprint density at radius 1 is 1.23 bits per heavy atom. The zero-order valence-corrected chi connectivity index (χ0v) is 18.0. The maximum Gasteiger partial charge on any atom is 0.269 e. The summed E-state index contributed by atoms with van der Waals surface area (Å²) >= 11 is 1.27. The fraction of sp³-hybridized carbons (Fsp3) is 0.318. The van der Waals surface area contributed by atoms with Crippen LogP contribution in [0.5, 0.6) is 0 Å². The van der Waals surface area contributed by atoms with Gasteiger partial charge in [0.25, 0.3) is 5.91 Å². The fourth-order valence-corrected chi connectivity index (χ4v) is 4.24. The van der Waals surface area contributed by atoms with Crippen molar-refractivity contribution in [2.24, 2.45) is 10.9 Å². The second kappa shape index (κ2) is 9.22. The number of nitrogens with one attached hydrogen (secondary N) is 1. The van der Waals surface area contributed by atoms with Crippen LogP contribution in [0.4, 0.5) is 10.8 Å². The smallest absolute Gasteiger partial charge is 0.269 e. The Hall–Kier alpha value is -3.33. The molecule has 0 bridgehead atoms. The van der Waals surface area contributed by atoms with Crippen molar-refractivity contribution in [2.75, 3.05) is 36.4 Å². The van der Waals surface area contributed by atoms with Crippen LogP contribution >= 0.6 is 11.3 Å². The molecule has 0 radical (unpaired) electrons. The highest BCUT2D eigenvalue weighted by Crippen LogP contribution is 2.20. The summed E-state index contributed by atoms with van der Waals surface area (Å²) in [4.78, 5) is 48.1. The Labute approximate surface area is 184 Å². The normalized spacial score (nSPS) is 18.4. The number of hydrogen-bond donors (Lipinski definition) is 1. The first kappa shape index (κ1) is 20.9. The van der Waals surface area contributed by atoms with Gasteiger partial charge in [0.05, 0.1) is 18.0 Å². The topological polar surface area (TPSA) is 95.0 Å². The molecule has 31 heavy (non-hydrogen) atoms. The molecule has 8 nitrogen and oxygen atoms in total. The summed E-state index contributed by atoms with van der Waals surface area (Å²) in [6, 6.07) is 8.39. The zero-order chi connectivity index (χ0) is 21.8. The lowest BCUT2D eigenvalue weighted by Crippen LogP contribution is -2.49. The minimum absolute atomic E-state index is 0.0351. The molecular weight excluding hydrogens is 414 g/mol. The van der Waals surface area contributed by atoms with Crippen molar-refractivity contribution < 1.29 is 14.4 Å². The van der Waals surface area contributed by atoms with E-state index in [1.54, 1.807) is 5.38 Å². The number of hydrogen-bond acceptors (Lipinski definition) is 6. The molecule has 3 heterocycles. The van der Waals surface area contributed by atoms with E-state index < -0.39 is 5.92 Å². The number of benzene rings is 1. The SMILES string of the molecule is Cc1cccc(N2CCN(C(=O)Cc3csc(NC(=O)C4C=CC(=O)N=C4)n3)CC2)c1. The maximum atomic E-state index is 12.7. The van der Waals surface area contributed by atoms with Gasteiger partial charge in [-0.05, 0) is 24.6 Å². The van der Waals surface area contributed by atoms with Gasteiger partial charge >= 0.3 is 0 Å². The first-order chi connectivity index (χ1) is 15.0. The molecule has 4 rings (SSSR count). The number of nitrogens with zero attached hydrogens (tertiary/aromatic N) is 4. The summed E-state index contributed by atoms with van der Waals surface area (Å²) in [6.07, 6.45) is 4.29. The van der Waals surface area contributed by atoms with Gasteiger partial charge in [0.1, 0.15) is 0 Å². The van der Waals surface area contributed by atoms with E-state index in [1.807, 2.05) is 4.90 Å². The number of aliphatic imine (C=N–C) groups is 1. The van der Waals surface area contributed by atoms with E-state index in [2.05, 4.69) is 51.4 Å². The number of carbonyl (C=O) groups excluding carboxylic acids is 3. The molecule has 0 spiro atoms. The molecule has 2 aliphatic heterocycles. The van der Waals surface area contributed by atoms with Crippen LogP contribution in [0.1, 0.15) is 11.3 Å². The highest BCUT2D eigenvalue weighted by atomic mass is 32.1. The predicted octanol–water partition coefficient (Wildman–Crippen LogP) is 2.06. The lowest BCUT2D eigenvalue weighted by Gasteiger charge is -2.36. The first-order valence-electron chi connectivity index (χ1n) is 10.1. The second-order valence-electron chi connectivity index (χ2n) is 7.52. The van der Waals surface area contributed by atoms with E-state index in [4.69, 9.17) is 0 Å². The van der Waals surface area contributed by atoms with Gasteiger partial charge in [0, 0.05) is 49.5 Å². The van der Waals surface area contributed by atoms with Crippen LogP contribution in [0.2, 0.25) is 0 Å². The minimum atomic E-state index is -0.601. The summed E-state index contributed by atoms with van der Waals surface area (Å²) in [7, 11) is 0. The van der Waals surface area contributed by atoms with Gasteiger partial charge in [-0.2, -0.15) is 0 Å². The lowest BCUT2D eigenvalue weighted by molar-refractivity contribution is -0.130. The number of thiazole rings is 1. The van der Waals surface area contributed by atoms with E-state index >= 15 is 0 Å². The molecule has 1 N–H and O–H groups in total. The van der Waals surface area contributed by atoms with Gasteiger partial charge in [0.15, 0.2) is 5.13 Å². The van der Waals surface area contributed by atoms with Crippen LogP contribution in [-0.4, -0.2) is 60.0 Å². The Morgan fingerprint density at radius 3 is 2.74 bits per heavy atom. The highest BCUT2D eigenvalue weighted by molar-refractivity contribution is 7.14. The third kappa shape index (κ3) is 5.24. The van der Waals surface area contributed by atoms with Crippen LogP contribution in [-0.2, 0) is 20.8 Å². The highest BCUT2D eigenvalue weighted by Gasteiger charge is 2.23. The lowest BCUT2D eigenvalue weighted by atomic mass is 10.1. The average molecular weight is 438 g/mol. The summed E-state index contributed by atoms with van der Waals surface area (Å²) in [5.74, 6) is -1.25. The van der Waals surface area contributed by atoms with Crippen LogP contribution in [0.3, 0.4) is 0 Å². The predicted molar refractivity (Wildman–Crippen MR) is 121 cm³/mol. The van der Waals surface area contributed by atoms with Crippen molar-refractivity contribution in [3.8, 4) is 0 Å². The molecule has 9 heteroatoms. The third-order valence-corrected chi connectivity index (χ3v) is 6.03. The standard InChI is InChI=1S/C22H23N5O3S/c1-15-3-2-4-18(11-15)26-7-9-27(10-8-26)20(29)12-17-14-31-22(24-17)25-21(30)16-5-6-19(28)23-13-16/h2-6,11,13-14,16H,7-10,12H2,1H3,(H,24,25,30). The maximum absolute atomic E-state index is 12.7. The van der Waals surface area contributed by atoms with Crippen molar-refractivity contribution in [1.82, 2.24) is 9.88 Å². The number of aryl methyl sites for hydroxylation is 1. The number of dihydropyridines is 1. The van der Waals surface area contributed by atoms with Crippen molar-refractivity contribution in [3.63, 3.8) is 0 Å². The van der Waals surface area contributed by atoms with Gasteiger partial charge in [-0.3, -0.25) is 14.4 Å². The molecule has 160 valence electrons. The number of amides is 3. The van der Waals surface area contributed by atoms with Gasteiger partial charge in [0.2, 0.25) is 11.8 Å². The molecule has 0 aliphatic carbocycles. The van der Waals surface area contributed by atoms with Crippen LogP contribution in [0.15, 0.2) is 46.8 Å². The number of rotatable bonds is 5. The molecule has 2 aliphatic rings. The number of anilines is 2.